The van der Waals surface area contributed by atoms with Gasteiger partial charge in [0.1, 0.15) is 18.4 Å². The van der Waals surface area contributed by atoms with Crippen molar-refractivity contribution < 1.29 is 14.6 Å². The molecule has 0 unspecified atom stereocenters. The van der Waals surface area contributed by atoms with E-state index in [9.17, 15) is 14.7 Å². The van der Waals surface area contributed by atoms with Crippen LogP contribution in [0.5, 0.6) is 0 Å². The largest absolute Gasteiger partial charge is 0.458 e. The molecule has 6 nitrogen and oxygen atoms in total. The molecule has 6 heteroatoms. The van der Waals surface area contributed by atoms with Gasteiger partial charge in [0.05, 0.1) is 12.1 Å². The van der Waals surface area contributed by atoms with Gasteiger partial charge in [0.25, 0.3) is 5.56 Å². The van der Waals surface area contributed by atoms with Gasteiger partial charge in [0.2, 0.25) is 0 Å². The van der Waals surface area contributed by atoms with E-state index >= 15 is 0 Å². The van der Waals surface area contributed by atoms with Gasteiger partial charge in [-0.1, -0.05) is 12.8 Å². The first-order valence-electron chi connectivity index (χ1n) is 6.00. The molecule has 0 spiro atoms. The lowest BCUT2D eigenvalue weighted by atomic mass is 9.86. The molecule has 1 N–H and O–H groups in total. The first kappa shape index (κ1) is 13.9. The fraction of sp³-hybridized carbons (Fsp3) is 0.357. The number of aromatic nitrogens is 1. The van der Waals surface area contributed by atoms with Crippen molar-refractivity contribution in [3.05, 3.63) is 33.2 Å². The van der Waals surface area contributed by atoms with E-state index in [1.165, 1.54) is 6.07 Å². The Bertz CT molecular complexity index is 720. The Morgan fingerprint density at radius 2 is 2.30 bits per heavy atom. The third-order valence-corrected chi connectivity index (χ3v) is 3.41. The molecule has 102 valence electrons. The van der Waals surface area contributed by atoms with E-state index in [2.05, 4.69) is 5.92 Å². The molecule has 0 radical (unpaired) electrons. The number of terminal acetylenes is 1. The van der Waals surface area contributed by atoms with E-state index in [4.69, 9.17) is 16.4 Å². The zero-order valence-electron chi connectivity index (χ0n) is 10.8. The van der Waals surface area contributed by atoms with Crippen LogP contribution in [0.15, 0.2) is 10.9 Å². The minimum atomic E-state index is -1.90. The Kier molecular flexibility index (Phi) is 3.35. The smallest absolute Gasteiger partial charge is 0.343 e. The van der Waals surface area contributed by atoms with Gasteiger partial charge >= 0.3 is 5.97 Å². The minimum Gasteiger partial charge on any atom is -0.458 e. The highest BCUT2D eigenvalue weighted by Crippen LogP contribution is 2.33. The number of hydrogen-bond acceptors (Lipinski definition) is 5. The quantitative estimate of drug-likeness (QED) is 0.604. The molecule has 1 aliphatic heterocycles. The van der Waals surface area contributed by atoms with E-state index in [0.29, 0.717) is 0 Å². The highest BCUT2D eigenvalue weighted by molar-refractivity contribution is 5.83. The summed E-state index contributed by atoms with van der Waals surface area (Å²) in [5, 5.41) is 19.5. The summed E-state index contributed by atoms with van der Waals surface area (Å²) in [5.74, 6) is 1.48. The first-order chi connectivity index (χ1) is 9.49. The molecule has 1 aliphatic rings. The number of cyclic esters (lactones) is 1. The molecule has 2 heterocycles. The molecule has 1 aromatic heterocycles. The average molecular weight is 272 g/mol. The van der Waals surface area contributed by atoms with Crippen molar-refractivity contribution in [3.8, 4) is 18.4 Å². The summed E-state index contributed by atoms with van der Waals surface area (Å²) in [6, 6.07) is 3.18. The number of hydrogen-bond donors (Lipinski definition) is 1. The summed E-state index contributed by atoms with van der Waals surface area (Å²) in [7, 11) is 0. The van der Waals surface area contributed by atoms with Gasteiger partial charge in [-0.25, -0.2) is 4.79 Å². The third-order valence-electron chi connectivity index (χ3n) is 3.41. The maximum absolute atomic E-state index is 12.3. The van der Waals surface area contributed by atoms with Crippen LogP contribution in [0, 0.1) is 23.7 Å². The van der Waals surface area contributed by atoms with Crippen molar-refractivity contribution in [3.63, 3.8) is 0 Å². The van der Waals surface area contributed by atoms with E-state index < -0.39 is 17.1 Å². The Morgan fingerprint density at radius 3 is 2.85 bits per heavy atom. The second-order valence-electron chi connectivity index (χ2n) is 4.42. The SMILES string of the molecule is C#CCn1c(C#N)cc2c(c1=O)COC(=O)[C@]2(O)CC. The Hall–Kier alpha value is -2.57. The molecule has 1 atom stereocenters. The number of carbonyl (C=O) groups excluding carboxylic acids is 1. The number of aliphatic hydroxyl groups is 1. The highest BCUT2D eigenvalue weighted by atomic mass is 16.6. The second-order valence-corrected chi connectivity index (χ2v) is 4.42. The van der Waals surface area contributed by atoms with E-state index in [0.717, 1.165) is 4.57 Å². The van der Waals surface area contributed by atoms with Crippen LogP contribution in [-0.2, 0) is 28.3 Å². The van der Waals surface area contributed by atoms with Gasteiger partial charge in [-0.3, -0.25) is 9.36 Å². The van der Waals surface area contributed by atoms with Crippen LogP contribution in [0.4, 0.5) is 0 Å². The summed E-state index contributed by atoms with van der Waals surface area (Å²) in [5.41, 5.74) is -2.12. The third kappa shape index (κ3) is 1.78. The predicted molar refractivity (Wildman–Crippen MR) is 68.2 cm³/mol. The molecule has 0 bridgehead atoms. The predicted octanol–water partition coefficient (Wildman–Crippen LogP) is 0.00758. The molecule has 20 heavy (non-hydrogen) atoms. The number of rotatable bonds is 2. The van der Waals surface area contributed by atoms with E-state index in [1.54, 1.807) is 6.92 Å². The Balaban J connectivity index is 2.81. The average Bonchev–Trinajstić information content (AvgIpc) is 2.45. The molecule has 0 saturated carbocycles. The summed E-state index contributed by atoms with van der Waals surface area (Å²) >= 11 is 0. The summed E-state index contributed by atoms with van der Waals surface area (Å²) in [4.78, 5) is 24.0. The van der Waals surface area contributed by atoms with Crippen molar-refractivity contribution in [2.24, 2.45) is 0 Å². The standard InChI is InChI=1S/C14H12N2O4/c1-3-5-16-9(7-15)6-11-10(12(16)17)8-20-13(18)14(11,19)4-2/h1,6,19H,4-5,8H2,2H3/t14-/m0/s1. The lowest BCUT2D eigenvalue weighted by molar-refractivity contribution is -0.172. The van der Waals surface area contributed by atoms with Crippen molar-refractivity contribution in [1.82, 2.24) is 4.57 Å². The van der Waals surface area contributed by atoms with E-state index in [1.807, 2.05) is 6.07 Å². The second kappa shape index (κ2) is 4.84. The topological polar surface area (TPSA) is 92.3 Å². The van der Waals surface area contributed by atoms with Crippen LogP contribution < -0.4 is 5.56 Å². The van der Waals surface area contributed by atoms with Gasteiger partial charge in [0, 0.05) is 5.56 Å². The van der Waals surface area contributed by atoms with Gasteiger partial charge < -0.3 is 9.84 Å². The molecule has 0 fully saturated rings. The lowest BCUT2D eigenvalue weighted by Gasteiger charge is -2.31. The molecule has 0 amide bonds. The van der Waals surface area contributed by atoms with Crippen molar-refractivity contribution in [2.45, 2.75) is 32.1 Å². The highest BCUT2D eigenvalue weighted by Gasteiger charge is 2.44. The zero-order chi connectivity index (χ0) is 14.9. The van der Waals surface area contributed by atoms with Crippen LogP contribution in [0.3, 0.4) is 0 Å². The normalized spacial score (nSPS) is 20.5. The van der Waals surface area contributed by atoms with Gasteiger partial charge in [0.15, 0.2) is 5.60 Å². The van der Waals surface area contributed by atoms with Crippen LogP contribution >= 0.6 is 0 Å². The number of pyridine rings is 1. The molecule has 1 aromatic rings. The van der Waals surface area contributed by atoms with Gasteiger partial charge in [-0.2, -0.15) is 5.26 Å². The zero-order valence-corrected chi connectivity index (χ0v) is 10.8. The van der Waals surface area contributed by atoms with Crippen LogP contribution in [0.1, 0.15) is 30.2 Å². The molecular formula is C14H12N2O4. The minimum absolute atomic E-state index is 0.00766. The Morgan fingerprint density at radius 1 is 1.60 bits per heavy atom. The van der Waals surface area contributed by atoms with Crippen LogP contribution in [-0.4, -0.2) is 15.6 Å². The monoisotopic (exact) mass is 272 g/mol. The summed E-state index contributed by atoms with van der Waals surface area (Å²) in [6.45, 7) is 1.30. The molecule has 0 aliphatic carbocycles. The molecule has 2 rings (SSSR count). The summed E-state index contributed by atoms with van der Waals surface area (Å²) in [6.07, 6.45) is 5.22. The van der Waals surface area contributed by atoms with Gasteiger partial charge in [-0.15, -0.1) is 6.42 Å². The van der Waals surface area contributed by atoms with E-state index in [-0.39, 0.29) is 36.4 Å². The molecule has 0 saturated heterocycles. The first-order valence-corrected chi connectivity index (χ1v) is 6.00. The number of ether oxygens (including phenoxy) is 1. The number of nitrogens with zero attached hydrogens (tertiary/aromatic N) is 2. The maximum atomic E-state index is 12.3. The van der Waals surface area contributed by atoms with Crippen LogP contribution in [0.2, 0.25) is 0 Å². The van der Waals surface area contributed by atoms with Crippen molar-refractivity contribution in [1.29, 1.82) is 5.26 Å². The Labute approximate surface area is 115 Å². The number of fused-ring (bicyclic) bond motifs is 1. The van der Waals surface area contributed by atoms with Crippen molar-refractivity contribution >= 4 is 5.97 Å². The lowest BCUT2D eigenvalue weighted by Crippen LogP contribution is -2.44. The van der Waals surface area contributed by atoms with Gasteiger partial charge in [-0.05, 0) is 12.5 Å². The fourth-order valence-corrected chi connectivity index (χ4v) is 2.24. The molecule has 0 aromatic carbocycles. The number of nitriles is 1. The molecular weight excluding hydrogens is 260 g/mol. The number of esters is 1. The fourth-order valence-electron chi connectivity index (χ4n) is 2.24. The summed E-state index contributed by atoms with van der Waals surface area (Å²) < 4.78 is 5.98. The van der Waals surface area contributed by atoms with Crippen molar-refractivity contribution in [2.75, 3.05) is 0 Å². The number of carbonyl (C=O) groups is 1. The maximum Gasteiger partial charge on any atom is 0.343 e. The van der Waals surface area contributed by atoms with Crippen LogP contribution in [0.25, 0.3) is 0 Å².